The SMILES string of the molecule is Cn1c(Nc2ccc(SC(F)(F)F)cc2)nc2cc(Oc3ccnc(C(=O)NOCc4ccccc4)c3)ccc21. The smallest absolute Gasteiger partial charge is 0.446 e. The molecule has 40 heavy (non-hydrogen) atoms. The van der Waals surface area contributed by atoms with Crippen molar-refractivity contribution in [1.82, 2.24) is 20.0 Å². The van der Waals surface area contributed by atoms with Crippen LogP contribution in [0.25, 0.3) is 11.0 Å². The molecule has 0 unspecified atom stereocenters. The first kappa shape index (κ1) is 27.0. The van der Waals surface area contributed by atoms with Crippen LogP contribution in [0.15, 0.2) is 96.0 Å². The summed E-state index contributed by atoms with van der Waals surface area (Å²) in [5.74, 6) is 0.876. The zero-order valence-electron chi connectivity index (χ0n) is 21.0. The number of fused-ring (bicyclic) bond motifs is 1. The predicted octanol–water partition coefficient (Wildman–Crippen LogP) is 6.98. The maximum absolute atomic E-state index is 12.6. The first-order valence-corrected chi connectivity index (χ1v) is 12.7. The highest BCUT2D eigenvalue weighted by atomic mass is 32.2. The molecule has 0 bridgehead atoms. The molecule has 0 fully saturated rings. The summed E-state index contributed by atoms with van der Waals surface area (Å²) in [6.07, 6.45) is 1.46. The van der Waals surface area contributed by atoms with Gasteiger partial charge in [-0.15, -0.1) is 0 Å². The lowest BCUT2D eigenvalue weighted by molar-refractivity contribution is -0.0328. The van der Waals surface area contributed by atoms with Gasteiger partial charge in [-0.3, -0.25) is 14.6 Å². The molecule has 0 radical (unpaired) electrons. The summed E-state index contributed by atoms with van der Waals surface area (Å²) >= 11 is -0.165. The quantitative estimate of drug-likeness (QED) is 0.147. The Hall–Kier alpha value is -4.55. The molecule has 0 aliphatic rings. The number of ether oxygens (including phenoxy) is 1. The van der Waals surface area contributed by atoms with Gasteiger partial charge in [-0.25, -0.2) is 10.5 Å². The Morgan fingerprint density at radius 2 is 1.73 bits per heavy atom. The standard InChI is InChI=1S/C28H22F3N5O3S/c1-36-25-12-9-20(15-23(25)34-27(36)33-19-7-10-22(11-8-19)40-28(29,30)31)39-21-13-14-32-24(16-21)26(37)35-38-17-18-5-3-2-4-6-18/h2-16H,17H2,1H3,(H,33,34)(H,35,37). The Labute approximate surface area is 231 Å². The zero-order valence-corrected chi connectivity index (χ0v) is 21.8. The highest BCUT2D eigenvalue weighted by Gasteiger charge is 2.29. The molecule has 3 aromatic carbocycles. The molecule has 2 heterocycles. The number of halogens is 3. The molecular weight excluding hydrogens is 543 g/mol. The summed E-state index contributed by atoms with van der Waals surface area (Å²) in [5.41, 5.74) is 1.11. The Morgan fingerprint density at radius 3 is 2.48 bits per heavy atom. The number of hydroxylamine groups is 1. The van der Waals surface area contributed by atoms with Crippen molar-refractivity contribution >= 4 is 40.3 Å². The van der Waals surface area contributed by atoms with Gasteiger partial charge < -0.3 is 14.6 Å². The van der Waals surface area contributed by atoms with Crippen molar-refractivity contribution in [2.75, 3.05) is 5.32 Å². The molecule has 0 aliphatic heterocycles. The van der Waals surface area contributed by atoms with Crippen LogP contribution in [0.4, 0.5) is 24.8 Å². The van der Waals surface area contributed by atoms with Crippen LogP contribution in [0.3, 0.4) is 0 Å². The number of nitrogens with one attached hydrogen (secondary N) is 2. The van der Waals surface area contributed by atoms with Crippen LogP contribution in [-0.4, -0.2) is 26.0 Å². The van der Waals surface area contributed by atoms with Gasteiger partial charge in [0.15, 0.2) is 0 Å². The van der Waals surface area contributed by atoms with Crippen LogP contribution in [-0.2, 0) is 18.5 Å². The highest BCUT2D eigenvalue weighted by molar-refractivity contribution is 8.00. The van der Waals surface area contributed by atoms with Crippen molar-refractivity contribution in [2.45, 2.75) is 17.0 Å². The van der Waals surface area contributed by atoms with Crippen molar-refractivity contribution in [1.29, 1.82) is 0 Å². The number of nitrogens with zero attached hydrogens (tertiary/aromatic N) is 3. The van der Waals surface area contributed by atoms with Gasteiger partial charge in [0, 0.05) is 36.0 Å². The third-order valence-electron chi connectivity index (χ3n) is 5.64. The van der Waals surface area contributed by atoms with Gasteiger partial charge in [-0.2, -0.15) is 13.2 Å². The van der Waals surface area contributed by atoms with E-state index in [2.05, 4.69) is 20.8 Å². The van der Waals surface area contributed by atoms with Crippen LogP contribution in [0.2, 0.25) is 0 Å². The van der Waals surface area contributed by atoms with Crippen LogP contribution < -0.4 is 15.5 Å². The monoisotopic (exact) mass is 565 g/mol. The molecule has 0 saturated carbocycles. The van der Waals surface area contributed by atoms with Crippen molar-refractivity contribution < 1.29 is 27.5 Å². The number of benzene rings is 3. The van der Waals surface area contributed by atoms with E-state index in [1.165, 1.54) is 24.4 Å². The van der Waals surface area contributed by atoms with Crippen molar-refractivity contribution in [2.24, 2.45) is 7.05 Å². The molecule has 8 nitrogen and oxygen atoms in total. The van der Waals surface area contributed by atoms with Gasteiger partial charge in [0.05, 0.1) is 17.6 Å². The van der Waals surface area contributed by atoms with E-state index < -0.39 is 11.4 Å². The number of thioether (sulfide) groups is 1. The van der Waals surface area contributed by atoms with E-state index in [0.717, 1.165) is 11.1 Å². The minimum absolute atomic E-state index is 0.0984. The summed E-state index contributed by atoms with van der Waals surface area (Å²) in [6, 6.07) is 23.8. The highest BCUT2D eigenvalue weighted by Crippen LogP contribution is 2.37. The Bertz CT molecular complexity index is 1630. The average Bonchev–Trinajstić information content (AvgIpc) is 3.23. The normalized spacial score (nSPS) is 11.4. The third kappa shape index (κ3) is 6.90. The van der Waals surface area contributed by atoms with Gasteiger partial charge >= 0.3 is 5.51 Å². The predicted molar refractivity (Wildman–Crippen MR) is 145 cm³/mol. The number of pyridine rings is 1. The largest absolute Gasteiger partial charge is 0.457 e. The number of imidazole rings is 1. The lowest BCUT2D eigenvalue weighted by atomic mass is 10.2. The number of aromatic nitrogens is 3. The van der Waals surface area contributed by atoms with Gasteiger partial charge in [-0.1, -0.05) is 30.3 Å². The first-order chi connectivity index (χ1) is 19.2. The van der Waals surface area contributed by atoms with E-state index in [1.807, 2.05) is 48.0 Å². The van der Waals surface area contributed by atoms with E-state index in [-0.39, 0.29) is 29.0 Å². The summed E-state index contributed by atoms with van der Waals surface area (Å²) < 4.78 is 45.5. The average molecular weight is 566 g/mol. The summed E-state index contributed by atoms with van der Waals surface area (Å²) in [4.78, 5) is 26.5. The van der Waals surface area contributed by atoms with Crippen LogP contribution in [0.5, 0.6) is 11.5 Å². The maximum atomic E-state index is 12.6. The molecule has 2 N–H and O–H groups in total. The van der Waals surface area contributed by atoms with E-state index in [1.54, 1.807) is 30.3 Å². The molecule has 0 spiro atoms. The van der Waals surface area contributed by atoms with Crippen molar-refractivity contribution in [3.05, 3.63) is 102 Å². The number of aryl methyl sites for hydroxylation is 1. The fourth-order valence-electron chi connectivity index (χ4n) is 3.77. The minimum atomic E-state index is -4.34. The fraction of sp³-hybridized carbons (Fsp3) is 0.107. The second-order valence-corrected chi connectivity index (χ2v) is 9.66. The van der Waals surface area contributed by atoms with Gasteiger partial charge in [0.2, 0.25) is 5.95 Å². The summed E-state index contributed by atoms with van der Waals surface area (Å²) in [5, 5.41) is 3.12. The molecule has 204 valence electrons. The van der Waals surface area contributed by atoms with E-state index in [0.29, 0.717) is 28.7 Å². The Morgan fingerprint density at radius 1 is 0.975 bits per heavy atom. The molecule has 0 atom stereocenters. The number of carbonyl (C=O) groups is 1. The number of alkyl halides is 3. The number of amides is 1. The second kappa shape index (κ2) is 11.7. The second-order valence-electron chi connectivity index (χ2n) is 8.53. The fourth-order valence-corrected chi connectivity index (χ4v) is 4.31. The molecule has 1 amide bonds. The molecule has 12 heteroatoms. The van der Waals surface area contributed by atoms with Crippen molar-refractivity contribution in [3.8, 4) is 11.5 Å². The Kier molecular flexibility index (Phi) is 7.89. The van der Waals surface area contributed by atoms with Gasteiger partial charge in [0.25, 0.3) is 5.91 Å². The minimum Gasteiger partial charge on any atom is -0.457 e. The first-order valence-electron chi connectivity index (χ1n) is 11.9. The third-order valence-corrected chi connectivity index (χ3v) is 6.38. The maximum Gasteiger partial charge on any atom is 0.446 e. The Balaban J connectivity index is 1.24. The van der Waals surface area contributed by atoms with Crippen LogP contribution >= 0.6 is 11.8 Å². The van der Waals surface area contributed by atoms with Gasteiger partial charge in [-0.05, 0) is 59.8 Å². The number of carbonyl (C=O) groups excluding carboxylic acids is 1. The van der Waals surface area contributed by atoms with E-state index >= 15 is 0 Å². The molecule has 5 rings (SSSR count). The number of rotatable bonds is 9. The molecule has 0 saturated heterocycles. The summed E-state index contributed by atoms with van der Waals surface area (Å²) in [7, 11) is 1.82. The number of anilines is 2. The molecule has 0 aliphatic carbocycles. The molecular formula is C28H22F3N5O3S. The van der Waals surface area contributed by atoms with Crippen LogP contribution in [0.1, 0.15) is 16.1 Å². The topological polar surface area (TPSA) is 90.3 Å². The number of hydrogen-bond acceptors (Lipinski definition) is 7. The van der Waals surface area contributed by atoms with Gasteiger partial charge in [0.1, 0.15) is 17.2 Å². The zero-order chi connectivity index (χ0) is 28.1. The molecule has 2 aromatic heterocycles. The van der Waals surface area contributed by atoms with Crippen LogP contribution in [0, 0.1) is 0 Å². The summed E-state index contributed by atoms with van der Waals surface area (Å²) in [6.45, 7) is 0.214. The lowest BCUT2D eigenvalue weighted by Crippen LogP contribution is -2.24. The lowest BCUT2D eigenvalue weighted by Gasteiger charge is -2.09. The van der Waals surface area contributed by atoms with E-state index in [9.17, 15) is 18.0 Å². The number of hydrogen-bond donors (Lipinski definition) is 2. The van der Waals surface area contributed by atoms with E-state index in [4.69, 9.17) is 9.57 Å². The molecule has 5 aromatic rings. The van der Waals surface area contributed by atoms with Crippen molar-refractivity contribution in [3.63, 3.8) is 0 Å².